The van der Waals surface area contributed by atoms with Crippen molar-refractivity contribution in [3.8, 4) is 5.75 Å². The van der Waals surface area contributed by atoms with Crippen LogP contribution in [0.25, 0.3) is 6.08 Å². The molecule has 1 aliphatic heterocycles. The zero-order chi connectivity index (χ0) is 27.1. The first-order valence-corrected chi connectivity index (χ1v) is 12.9. The summed E-state index contributed by atoms with van der Waals surface area (Å²) in [5, 5.41) is 2.81. The molecule has 0 bridgehead atoms. The molecule has 0 atom stereocenters. The average molecular weight is 575 g/mol. The molecule has 0 aliphatic carbocycles. The number of aliphatic imine (C=N–C) groups is 1. The molecular weight excluding hydrogens is 548 g/mol. The number of esters is 1. The van der Waals surface area contributed by atoms with E-state index in [4.69, 9.17) is 9.47 Å². The second-order valence-corrected chi connectivity index (χ2v) is 9.17. The van der Waals surface area contributed by atoms with Crippen molar-refractivity contribution in [2.24, 2.45) is 4.99 Å². The number of carbonyl (C=O) groups is 2. The number of anilines is 2. The summed E-state index contributed by atoms with van der Waals surface area (Å²) in [6.45, 7) is 9.96. The number of nitrogens with zero attached hydrogens (tertiary/aromatic N) is 3. The standard InChI is InChI=1S/C29H27BrN4O4/c1-4-13-37-26-16-24(34(5-2)6-3)12-9-20(26)15-25-29(36)38-28(33-25)19-7-10-23(11-8-19)32-27(35)21-14-22(30)18-31-17-21/h4,7-12,14-18H,1,5-6,13H2,2-3H3,(H,32,35)/b25-15-. The molecular formula is C29H27BrN4O4. The van der Waals surface area contributed by atoms with Gasteiger partial charge in [-0.3, -0.25) is 9.78 Å². The molecule has 0 radical (unpaired) electrons. The molecule has 9 heteroatoms. The van der Waals surface area contributed by atoms with Gasteiger partial charge in [-0.1, -0.05) is 12.7 Å². The van der Waals surface area contributed by atoms with Crippen LogP contribution in [0.4, 0.5) is 11.4 Å². The molecule has 3 aromatic rings. The highest BCUT2D eigenvalue weighted by atomic mass is 79.9. The molecule has 0 saturated carbocycles. The van der Waals surface area contributed by atoms with Crippen molar-refractivity contribution in [1.29, 1.82) is 0 Å². The number of rotatable bonds is 10. The summed E-state index contributed by atoms with van der Waals surface area (Å²) in [6, 6.07) is 14.4. The third kappa shape index (κ3) is 6.36. The predicted octanol–water partition coefficient (Wildman–Crippen LogP) is 5.85. The molecule has 0 unspecified atom stereocenters. The van der Waals surface area contributed by atoms with E-state index in [2.05, 4.69) is 56.5 Å². The largest absolute Gasteiger partial charge is 0.489 e. The van der Waals surface area contributed by atoms with Gasteiger partial charge in [0.25, 0.3) is 5.91 Å². The van der Waals surface area contributed by atoms with E-state index in [1.54, 1.807) is 48.7 Å². The Hall–Kier alpha value is -4.24. The van der Waals surface area contributed by atoms with Crippen LogP contribution in [-0.4, -0.2) is 42.5 Å². The Morgan fingerprint density at radius 1 is 1.13 bits per heavy atom. The lowest BCUT2D eigenvalue weighted by molar-refractivity contribution is -0.129. The molecule has 4 rings (SSSR count). The van der Waals surface area contributed by atoms with Crippen LogP contribution in [0.1, 0.15) is 35.3 Å². The van der Waals surface area contributed by atoms with Crippen LogP contribution in [0.3, 0.4) is 0 Å². The second-order valence-electron chi connectivity index (χ2n) is 8.25. The van der Waals surface area contributed by atoms with Gasteiger partial charge in [0, 0.05) is 58.5 Å². The van der Waals surface area contributed by atoms with Crippen LogP contribution >= 0.6 is 15.9 Å². The number of halogens is 1. The molecule has 1 N–H and O–H groups in total. The number of ether oxygens (including phenoxy) is 2. The molecule has 0 saturated heterocycles. The Morgan fingerprint density at radius 2 is 1.89 bits per heavy atom. The molecule has 1 aliphatic rings. The van der Waals surface area contributed by atoms with Crippen molar-refractivity contribution in [3.05, 3.63) is 100 Å². The third-order valence-electron chi connectivity index (χ3n) is 5.75. The van der Waals surface area contributed by atoms with E-state index < -0.39 is 5.97 Å². The fourth-order valence-electron chi connectivity index (χ4n) is 3.82. The molecule has 0 fully saturated rings. The van der Waals surface area contributed by atoms with Crippen molar-refractivity contribution in [1.82, 2.24) is 4.98 Å². The SMILES string of the molecule is C=CCOc1cc(N(CC)CC)ccc1/C=C1\N=C(c2ccc(NC(=O)c3cncc(Br)c3)cc2)OC1=O. The predicted molar refractivity (Wildman–Crippen MR) is 153 cm³/mol. The zero-order valence-corrected chi connectivity index (χ0v) is 22.7. The fourth-order valence-corrected chi connectivity index (χ4v) is 4.18. The van der Waals surface area contributed by atoms with E-state index in [1.807, 2.05) is 18.2 Å². The number of carbonyl (C=O) groups excluding carboxylic acids is 2. The summed E-state index contributed by atoms with van der Waals surface area (Å²) in [7, 11) is 0. The quantitative estimate of drug-likeness (QED) is 0.185. The van der Waals surface area contributed by atoms with E-state index in [9.17, 15) is 9.59 Å². The molecule has 2 aromatic carbocycles. The van der Waals surface area contributed by atoms with Crippen molar-refractivity contribution < 1.29 is 19.1 Å². The molecule has 2 heterocycles. The number of benzene rings is 2. The maximum absolute atomic E-state index is 12.6. The summed E-state index contributed by atoms with van der Waals surface area (Å²) in [5.74, 6) is -0.0347. The van der Waals surface area contributed by atoms with Gasteiger partial charge < -0.3 is 19.7 Å². The number of aromatic nitrogens is 1. The van der Waals surface area contributed by atoms with Crippen LogP contribution < -0.4 is 15.0 Å². The fraction of sp³-hybridized carbons (Fsp3) is 0.172. The number of amides is 1. The molecule has 1 amide bonds. The minimum Gasteiger partial charge on any atom is -0.489 e. The Labute approximate surface area is 229 Å². The lowest BCUT2D eigenvalue weighted by Gasteiger charge is -2.22. The Kier molecular flexibility index (Phi) is 8.70. The minimum absolute atomic E-state index is 0.165. The van der Waals surface area contributed by atoms with Crippen molar-refractivity contribution in [2.75, 3.05) is 29.9 Å². The summed E-state index contributed by atoms with van der Waals surface area (Å²) in [5.41, 5.74) is 3.51. The van der Waals surface area contributed by atoms with Gasteiger partial charge in [-0.05, 0) is 78.3 Å². The zero-order valence-electron chi connectivity index (χ0n) is 21.1. The van der Waals surface area contributed by atoms with Crippen LogP contribution in [0, 0.1) is 0 Å². The summed E-state index contributed by atoms with van der Waals surface area (Å²) in [6.07, 6.45) is 6.41. The van der Waals surface area contributed by atoms with Gasteiger partial charge in [0.2, 0.25) is 5.90 Å². The van der Waals surface area contributed by atoms with E-state index in [-0.39, 0.29) is 17.5 Å². The molecule has 8 nitrogen and oxygen atoms in total. The Bertz CT molecular complexity index is 1410. The molecule has 194 valence electrons. The van der Waals surface area contributed by atoms with E-state index >= 15 is 0 Å². The van der Waals surface area contributed by atoms with Gasteiger partial charge in [0.15, 0.2) is 5.70 Å². The third-order valence-corrected chi connectivity index (χ3v) is 6.19. The number of nitrogens with one attached hydrogen (secondary N) is 1. The summed E-state index contributed by atoms with van der Waals surface area (Å²) >= 11 is 3.31. The molecule has 0 spiro atoms. The van der Waals surface area contributed by atoms with Crippen molar-refractivity contribution >= 4 is 51.2 Å². The van der Waals surface area contributed by atoms with Crippen LogP contribution in [0.2, 0.25) is 0 Å². The number of hydrogen-bond donors (Lipinski definition) is 1. The van der Waals surface area contributed by atoms with E-state index in [0.29, 0.717) is 39.2 Å². The van der Waals surface area contributed by atoms with Gasteiger partial charge in [-0.25, -0.2) is 9.79 Å². The lowest BCUT2D eigenvalue weighted by atomic mass is 10.1. The normalized spacial score (nSPS) is 13.6. The first kappa shape index (κ1) is 26.8. The highest BCUT2D eigenvalue weighted by Gasteiger charge is 2.25. The van der Waals surface area contributed by atoms with Gasteiger partial charge >= 0.3 is 5.97 Å². The maximum Gasteiger partial charge on any atom is 0.363 e. The number of hydrogen-bond acceptors (Lipinski definition) is 7. The lowest BCUT2D eigenvalue weighted by Crippen LogP contribution is -2.21. The summed E-state index contributed by atoms with van der Waals surface area (Å²) < 4.78 is 12.0. The second kappa shape index (κ2) is 12.3. The first-order chi connectivity index (χ1) is 18.4. The minimum atomic E-state index is -0.554. The van der Waals surface area contributed by atoms with E-state index in [1.165, 1.54) is 6.20 Å². The monoisotopic (exact) mass is 574 g/mol. The van der Waals surface area contributed by atoms with Crippen LogP contribution in [0.15, 0.2) is 88.7 Å². The molecule has 1 aromatic heterocycles. The van der Waals surface area contributed by atoms with Gasteiger partial charge in [0.1, 0.15) is 12.4 Å². The van der Waals surface area contributed by atoms with Crippen LogP contribution in [0.5, 0.6) is 5.75 Å². The molecule has 38 heavy (non-hydrogen) atoms. The smallest absolute Gasteiger partial charge is 0.363 e. The Balaban J connectivity index is 1.54. The van der Waals surface area contributed by atoms with E-state index in [0.717, 1.165) is 18.8 Å². The topological polar surface area (TPSA) is 93.1 Å². The van der Waals surface area contributed by atoms with Gasteiger partial charge in [-0.15, -0.1) is 0 Å². The first-order valence-electron chi connectivity index (χ1n) is 12.1. The highest BCUT2D eigenvalue weighted by Crippen LogP contribution is 2.30. The van der Waals surface area contributed by atoms with Crippen molar-refractivity contribution in [2.45, 2.75) is 13.8 Å². The highest BCUT2D eigenvalue weighted by molar-refractivity contribution is 9.10. The summed E-state index contributed by atoms with van der Waals surface area (Å²) in [4.78, 5) is 35.7. The maximum atomic E-state index is 12.6. The number of cyclic esters (lactones) is 1. The van der Waals surface area contributed by atoms with Gasteiger partial charge in [0.05, 0.1) is 5.56 Å². The van der Waals surface area contributed by atoms with Crippen LogP contribution in [-0.2, 0) is 9.53 Å². The van der Waals surface area contributed by atoms with Crippen molar-refractivity contribution in [3.63, 3.8) is 0 Å². The number of pyridine rings is 1. The Morgan fingerprint density at radius 3 is 2.58 bits per heavy atom. The van der Waals surface area contributed by atoms with Gasteiger partial charge in [-0.2, -0.15) is 0 Å². The average Bonchev–Trinajstić information content (AvgIpc) is 3.29.